The summed E-state index contributed by atoms with van der Waals surface area (Å²) in [5.74, 6) is -0.230. The summed E-state index contributed by atoms with van der Waals surface area (Å²) in [4.78, 5) is 43.0. The molecule has 0 bridgehead atoms. The number of thioether (sulfide) groups is 1. The predicted octanol–water partition coefficient (Wildman–Crippen LogP) is 3.85. The number of amidine groups is 1. The number of aliphatic imine (C=N–C) groups is 1. The van der Waals surface area contributed by atoms with Gasteiger partial charge in [0.05, 0.1) is 24.5 Å². The van der Waals surface area contributed by atoms with Gasteiger partial charge in [-0.1, -0.05) is 17.8 Å². The number of esters is 1. The van der Waals surface area contributed by atoms with Crippen molar-refractivity contribution in [3.8, 4) is 5.75 Å². The van der Waals surface area contributed by atoms with E-state index < -0.39 is 11.2 Å². The maximum atomic E-state index is 12.8. The largest absolute Gasteiger partial charge is 0.494 e. The highest BCUT2D eigenvalue weighted by molar-refractivity contribution is 8.15. The summed E-state index contributed by atoms with van der Waals surface area (Å²) in [6.07, 6.45) is 0.0684. The van der Waals surface area contributed by atoms with E-state index in [2.05, 4.69) is 10.3 Å². The molecule has 1 aliphatic heterocycles. The third-order valence-electron chi connectivity index (χ3n) is 4.58. The molecule has 0 saturated carbocycles. The lowest BCUT2D eigenvalue weighted by atomic mass is 10.2. The summed E-state index contributed by atoms with van der Waals surface area (Å²) in [7, 11) is 1.63. The summed E-state index contributed by atoms with van der Waals surface area (Å²) in [5.41, 5.74) is 1.58. The molecule has 1 aliphatic rings. The van der Waals surface area contributed by atoms with Crippen LogP contribution < -0.4 is 10.1 Å². The summed E-state index contributed by atoms with van der Waals surface area (Å²) in [5, 5.41) is 2.64. The van der Waals surface area contributed by atoms with Gasteiger partial charge in [-0.2, -0.15) is 0 Å². The van der Waals surface area contributed by atoms with Crippen molar-refractivity contribution in [1.29, 1.82) is 0 Å². The van der Waals surface area contributed by atoms with Crippen molar-refractivity contribution in [3.63, 3.8) is 0 Å². The van der Waals surface area contributed by atoms with Crippen LogP contribution in [0.2, 0.25) is 0 Å². The second kappa shape index (κ2) is 10.8. The van der Waals surface area contributed by atoms with Crippen molar-refractivity contribution in [2.75, 3.05) is 25.6 Å². The molecule has 1 heterocycles. The zero-order valence-electron chi connectivity index (χ0n) is 18.2. The van der Waals surface area contributed by atoms with Crippen LogP contribution in [0.25, 0.3) is 0 Å². The lowest BCUT2D eigenvalue weighted by Gasteiger charge is -2.28. The van der Waals surface area contributed by atoms with E-state index in [0.29, 0.717) is 41.1 Å². The van der Waals surface area contributed by atoms with Gasteiger partial charge in [-0.25, -0.2) is 9.79 Å². The highest BCUT2D eigenvalue weighted by Crippen LogP contribution is 2.29. The topological polar surface area (TPSA) is 97.3 Å². The molecule has 1 fully saturated rings. The quantitative estimate of drug-likeness (QED) is 0.637. The standard InChI is InChI=1S/C23H25N3O5S/c1-4-30-18-8-6-7-17(13-18)24-21(28)19-14-20(27)26(3)23(32-19)25-16-11-9-15(10-12-16)22(29)31-5-2/h6-13,19H,4-5,14H2,1-3H3,(H,24,28). The molecule has 168 valence electrons. The maximum absolute atomic E-state index is 12.8. The Balaban J connectivity index is 1.73. The minimum atomic E-state index is -0.619. The number of benzene rings is 2. The van der Waals surface area contributed by atoms with Gasteiger partial charge in [-0.3, -0.25) is 14.5 Å². The molecule has 1 saturated heterocycles. The van der Waals surface area contributed by atoms with Gasteiger partial charge < -0.3 is 14.8 Å². The van der Waals surface area contributed by atoms with Crippen LogP contribution in [-0.4, -0.2) is 53.4 Å². The third kappa shape index (κ3) is 5.88. The van der Waals surface area contributed by atoms with Crippen LogP contribution in [0.4, 0.5) is 11.4 Å². The molecule has 0 aliphatic carbocycles. The van der Waals surface area contributed by atoms with Crippen LogP contribution in [0.3, 0.4) is 0 Å². The molecule has 8 nitrogen and oxygen atoms in total. The molecule has 32 heavy (non-hydrogen) atoms. The Labute approximate surface area is 191 Å². The Hall–Kier alpha value is -3.33. The fourth-order valence-electron chi connectivity index (χ4n) is 2.95. The SMILES string of the molecule is CCOC(=O)c1ccc(N=C2SC(C(=O)Nc3cccc(OCC)c3)CC(=O)N2C)cc1. The monoisotopic (exact) mass is 455 g/mol. The molecule has 3 rings (SSSR count). The smallest absolute Gasteiger partial charge is 0.338 e. The number of rotatable bonds is 7. The van der Waals surface area contributed by atoms with Gasteiger partial charge in [-0.15, -0.1) is 0 Å². The molecule has 9 heteroatoms. The molecule has 2 aromatic rings. The summed E-state index contributed by atoms with van der Waals surface area (Å²) in [6.45, 7) is 4.45. The van der Waals surface area contributed by atoms with Crippen molar-refractivity contribution < 1.29 is 23.9 Å². The van der Waals surface area contributed by atoms with E-state index in [1.165, 1.54) is 16.7 Å². The second-order valence-corrected chi connectivity index (χ2v) is 8.05. The number of carbonyl (C=O) groups is 3. The predicted molar refractivity (Wildman–Crippen MR) is 125 cm³/mol. The van der Waals surface area contributed by atoms with E-state index in [9.17, 15) is 14.4 Å². The molecular weight excluding hydrogens is 430 g/mol. The summed E-state index contributed by atoms with van der Waals surface area (Å²) < 4.78 is 10.4. The van der Waals surface area contributed by atoms with Gasteiger partial charge in [0, 0.05) is 25.2 Å². The molecule has 1 unspecified atom stereocenters. The molecule has 1 N–H and O–H groups in total. The van der Waals surface area contributed by atoms with Crippen LogP contribution in [-0.2, 0) is 14.3 Å². The summed E-state index contributed by atoms with van der Waals surface area (Å²) >= 11 is 1.22. The number of hydrogen-bond acceptors (Lipinski definition) is 7. The van der Waals surface area contributed by atoms with Gasteiger partial charge in [0.25, 0.3) is 0 Å². The lowest BCUT2D eigenvalue weighted by Crippen LogP contribution is -2.43. The average Bonchev–Trinajstić information content (AvgIpc) is 2.78. The Bertz CT molecular complexity index is 1020. The minimum Gasteiger partial charge on any atom is -0.494 e. The van der Waals surface area contributed by atoms with Crippen LogP contribution in [0.5, 0.6) is 5.75 Å². The van der Waals surface area contributed by atoms with Crippen LogP contribution in [0.1, 0.15) is 30.6 Å². The van der Waals surface area contributed by atoms with Gasteiger partial charge >= 0.3 is 5.97 Å². The van der Waals surface area contributed by atoms with Gasteiger partial charge in [0.15, 0.2) is 5.17 Å². The Morgan fingerprint density at radius 2 is 1.91 bits per heavy atom. The number of nitrogens with one attached hydrogen (secondary N) is 1. The molecule has 0 spiro atoms. The number of hydrogen-bond donors (Lipinski definition) is 1. The van der Waals surface area contributed by atoms with Crippen molar-refractivity contribution in [3.05, 3.63) is 54.1 Å². The van der Waals surface area contributed by atoms with E-state index >= 15 is 0 Å². The van der Waals surface area contributed by atoms with Crippen molar-refractivity contribution in [2.24, 2.45) is 4.99 Å². The molecule has 2 amide bonds. The first-order valence-electron chi connectivity index (χ1n) is 10.2. The molecule has 0 radical (unpaired) electrons. The second-order valence-electron chi connectivity index (χ2n) is 6.88. The van der Waals surface area contributed by atoms with Crippen LogP contribution in [0.15, 0.2) is 53.5 Å². The van der Waals surface area contributed by atoms with Gasteiger partial charge in [0.1, 0.15) is 11.0 Å². The fraction of sp³-hybridized carbons (Fsp3) is 0.304. The molecule has 2 aromatic carbocycles. The van der Waals surface area contributed by atoms with E-state index in [0.717, 1.165) is 0 Å². The van der Waals surface area contributed by atoms with E-state index in [1.807, 2.05) is 13.0 Å². The van der Waals surface area contributed by atoms with Gasteiger partial charge in [-0.05, 0) is 50.2 Å². The maximum Gasteiger partial charge on any atom is 0.338 e. The minimum absolute atomic E-state index is 0.0684. The van der Waals surface area contributed by atoms with E-state index in [1.54, 1.807) is 56.4 Å². The normalized spacial score (nSPS) is 17.2. The van der Waals surface area contributed by atoms with Gasteiger partial charge in [0.2, 0.25) is 11.8 Å². The number of amides is 2. The zero-order valence-corrected chi connectivity index (χ0v) is 19.0. The first-order valence-corrected chi connectivity index (χ1v) is 11.1. The zero-order chi connectivity index (χ0) is 23.1. The van der Waals surface area contributed by atoms with Crippen LogP contribution >= 0.6 is 11.8 Å². The highest BCUT2D eigenvalue weighted by atomic mass is 32.2. The number of nitrogens with zero attached hydrogens (tertiary/aromatic N) is 2. The van der Waals surface area contributed by atoms with E-state index in [-0.39, 0.29) is 18.2 Å². The Kier molecular flexibility index (Phi) is 7.88. The Morgan fingerprint density at radius 3 is 2.59 bits per heavy atom. The van der Waals surface area contributed by atoms with Crippen molar-refractivity contribution in [1.82, 2.24) is 4.90 Å². The number of ether oxygens (including phenoxy) is 2. The Morgan fingerprint density at radius 1 is 1.16 bits per heavy atom. The number of anilines is 1. The summed E-state index contributed by atoms with van der Waals surface area (Å²) in [6, 6.07) is 13.7. The average molecular weight is 456 g/mol. The first kappa shape index (κ1) is 23.3. The molecular formula is C23H25N3O5S. The van der Waals surface area contributed by atoms with Crippen LogP contribution in [0, 0.1) is 0 Å². The van der Waals surface area contributed by atoms with Crippen molar-refractivity contribution >= 4 is 46.1 Å². The fourth-order valence-corrected chi connectivity index (χ4v) is 4.01. The lowest BCUT2D eigenvalue weighted by molar-refractivity contribution is -0.128. The molecule has 0 aromatic heterocycles. The van der Waals surface area contributed by atoms with E-state index in [4.69, 9.17) is 9.47 Å². The highest BCUT2D eigenvalue weighted by Gasteiger charge is 2.34. The van der Waals surface area contributed by atoms with Crippen molar-refractivity contribution in [2.45, 2.75) is 25.5 Å². The number of carbonyl (C=O) groups excluding carboxylic acids is 3. The third-order valence-corrected chi connectivity index (χ3v) is 5.82. The first-order chi connectivity index (χ1) is 15.4. The molecule has 1 atom stereocenters.